The summed E-state index contributed by atoms with van der Waals surface area (Å²) in [6, 6.07) is 6.69. The maximum Gasteiger partial charge on any atom is 0.432 e. The van der Waals surface area contributed by atoms with E-state index in [0.29, 0.717) is 24.8 Å². The van der Waals surface area contributed by atoms with Gasteiger partial charge in [-0.25, -0.2) is 9.59 Å². The molecular formula is C30H37F3O6. The Morgan fingerprint density at radius 1 is 1.10 bits per heavy atom. The molecule has 0 radical (unpaired) electrons. The average molecular weight is 551 g/mol. The van der Waals surface area contributed by atoms with Crippen LogP contribution in [0.5, 0.6) is 0 Å². The fourth-order valence-electron chi connectivity index (χ4n) is 5.84. The highest BCUT2D eigenvalue weighted by Gasteiger charge is 2.65. The number of fused-ring (bicyclic) bond motifs is 4. The van der Waals surface area contributed by atoms with Gasteiger partial charge in [0.1, 0.15) is 11.7 Å². The zero-order valence-electron chi connectivity index (χ0n) is 22.9. The number of methoxy groups -OCH3 is 1. The number of carbonyl (C=O) groups excluding carboxylic acids is 2. The van der Waals surface area contributed by atoms with Gasteiger partial charge in [-0.3, -0.25) is 0 Å². The monoisotopic (exact) mass is 550 g/mol. The molecule has 1 aliphatic carbocycles. The Labute approximate surface area is 227 Å². The molecule has 2 aliphatic heterocycles. The lowest BCUT2D eigenvalue weighted by molar-refractivity contribution is -0.281. The van der Waals surface area contributed by atoms with E-state index >= 15 is 0 Å². The number of alkyl halides is 3. The Balaban J connectivity index is 1.71. The van der Waals surface area contributed by atoms with Crippen LogP contribution in [-0.2, 0) is 34.1 Å². The van der Waals surface area contributed by atoms with Crippen LogP contribution in [-0.4, -0.2) is 48.6 Å². The maximum atomic E-state index is 14.6. The second kappa shape index (κ2) is 10.7. The Morgan fingerprint density at radius 2 is 1.79 bits per heavy atom. The van der Waals surface area contributed by atoms with Crippen molar-refractivity contribution in [1.82, 2.24) is 0 Å². The third-order valence-corrected chi connectivity index (χ3v) is 8.64. The van der Waals surface area contributed by atoms with Crippen LogP contribution in [0, 0.1) is 5.92 Å². The zero-order valence-corrected chi connectivity index (χ0v) is 22.9. The van der Waals surface area contributed by atoms with E-state index in [2.05, 4.69) is 19.6 Å². The molecule has 0 spiro atoms. The van der Waals surface area contributed by atoms with Crippen LogP contribution in [0.25, 0.3) is 0 Å². The molecule has 0 saturated carbocycles. The minimum atomic E-state index is -5.12. The number of rotatable bonds is 4. The van der Waals surface area contributed by atoms with Crippen LogP contribution in [0.4, 0.5) is 13.2 Å². The largest absolute Gasteiger partial charge is 0.455 e. The van der Waals surface area contributed by atoms with Gasteiger partial charge in [-0.05, 0) is 71.6 Å². The number of allylic oxidation sites excluding steroid dienone is 2. The lowest BCUT2D eigenvalue weighted by atomic mass is 9.82. The van der Waals surface area contributed by atoms with E-state index < -0.39 is 41.0 Å². The lowest BCUT2D eigenvalue weighted by Gasteiger charge is -2.39. The Morgan fingerprint density at radius 3 is 2.44 bits per heavy atom. The lowest BCUT2D eigenvalue weighted by Crippen LogP contribution is -2.55. The quantitative estimate of drug-likeness (QED) is 0.189. The number of epoxide rings is 1. The number of halogens is 3. The average Bonchev–Trinajstić information content (AvgIpc) is 3.53. The number of hydrogen-bond acceptors (Lipinski definition) is 6. The summed E-state index contributed by atoms with van der Waals surface area (Å²) in [7, 11) is 0.831. The molecular weight excluding hydrogens is 513 g/mol. The fourth-order valence-corrected chi connectivity index (χ4v) is 5.84. The van der Waals surface area contributed by atoms with Gasteiger partial charge in [0.15, 0.2) is 0 Å². The fraction of sp³-hybridized carbons (Fsp3) is 0.600. The Bertz CT molecular complexity index is 1130. The standard InChI is InChI=1S/C30H37F3O6/c1-19-10-9-16-27(3)24(38-27)18-21-15-17-28(4,39-25(34)20(21)2)23(14-13-19)37-26(35)29(36-5,30(31,32)33)22-11-7-6-8-12-22/h6-8,10-12,21,23-24H,2,9,13-18H2,1,3-5H3/b19-10-/t21-,23+,24+,27+,28-,29-/m1/s1. The summed E-state index contributed by atoms with van der Waals surface area (Å²) >= 11 is 0. The minimum absolute atomic E-state index is 0.0124. The molecule has 2 fully saturated rings. The van der Waals surface area contributed by atoms with Gasteiger partial charge in [0, 0.05) is 18.2 Å². The van der Waals surface area contributed by atoms with Gasteiger partial charge in [0.05, 0.1) is 11.7 Å². The molecule has 6 atom stereocenters. The SMILES string of the molecule is C=C1C(=O)O[C@]2(C)CC[C@@H]1C[C@@H]1O[C@@]1(C)CC/C=C(/C)CC[C@@H]2OC(=O)[C@](OC)(c1ccccc1)C(F)(F)F. The van der Waals surface area contributed by atoms with Crippen LogP contribution in [0.2, 0.25) is 0 Å². The molecule has 2 heterocycles. The van der Waals surface area contributed by atoms with Crippen molar-refractivity contribution in [2.75, 3.05) is 7.11 Å². The minimum Gasteiger partial charge on any atom is -0.455 e. The van der Waals surface area contributed by atoms with E-state index in [9.17, 15) is 22.8 Å². The van der Waals surface area contributed by atoms with Gasteiger partial charge in [0.2, 0.25) is 0 Å². The number of carbonyl (C=O) groups is 2. The Hall–Kier alpha value is -2.65. The summed E-state index contributed by atoms with van der Waals surface area (Å²) in [6.45, 7) is 9.59. The highest BCUT2D eigenvalue weighted by atomic mass is 19.4. The van der Waals surface area contributed by atoms with Gasteiger partial charge in [0.25, 0.3) is 5.60 Å². The second-order valence-corrected chi connectivity index (χ2v) is 11.4. The smallest absolute Gasteiger partial charge is 0.432 e. The van der Waals surface area contributed by atoms with Crippen molar-refractivity contribution >= 4 is 11.9 Å². The first-order valence-corrected chi connectivity index (χ1v) is 13.4. The van der Waals surface area contributed by atoms with Crippen LogP contribution in [0.1, 0.15) is 71.3 Å². The zero-order chi connectivity index (χ0) is 28.6. The van der Waals surface area contributed by atoms with Crippen molar-refractivity contribution in [1.29, 1.82) is 0 Å². The molecule has 0 aromatic heterocycles. The van der Waals surface area contributed by atoms with Crippen molar-refractivity contribution in [2.45, 2.75) is 101 Å². The number of ether oxygens (including phenoxy) is 4. The molecule has 6 nitrogen and oxygen atoms in total. The normalized spacial score (nSPS) is 34.8. The van der Waals surface area contributed by atoms with Crippen molar-refractivity contribution in [3.63, 3.8) is 0 Å². The van der Waals surface area contributed by atoms with Crippen molar-refractivity contribution in [3.05, 3.63) is 59.7 Å². The first-order chi connectivity index (χ1) is 18.3. The highest BCUT2D eigenvalue weighted by Crippen LogP contribution is 2.48. The van der Waals surface area contributed by atoms with Gasteiger partial charge in [-0.2, -0.15) is 13.2 Å². The van der Waals surface area contributed by atoms with Crippen LogP contribution in [0.15, 0.2) is 54.1 Å². The molecule has 3 aliphatic rings. The molecule has 2 bridgehead atoms. The number of hydrogen-bond donors (Lipinski definition) is 0. The summed E-state index contributed by atoms with van der Waals surface area (Å²) in [5.41, 5.74) is -4.07. The number of benzene rings is 1. The van der Waals surface area contributed by atoms with Crippen LogP contribution < -0.4 is 0 Å². The third kappa shape index (κ3) is 5.66. The Kier molecular flexibility index (Phi) is 8.07. The van der Waals surface area contributed by atoms with Crippen molar-refractivity contribution < 1.29 is 41.7 Å². The van der Waals surface area contributed by atoms with Crippen molar-refractivity contribution in [2.24, 2.45) is 5.92 Å². The van der Waals surface area contributed by atoms with Gasteiger partial charge >= 0.3 is 18.1 Å². The molecule has 214 valence electrons. The molecule has 4 rings (SSSR count). The highest BCUT2D eigenvalue weighted by molar-refractivity contribution is 5.89. The summed E-state index contributed by atoms with van der Waals surface area (Å²) in [6.07, 6.45) is -0.644. The predicted octanol–water partition coefficient (Wildman–Crippen LogP) is 6.34. The maximum absolute atomic E-state index is 14.6. The second-order valence-electron chi connectivity index (χ2n) is 11.4. The molecule has 39 heavy (non-hydrogen) atoms. The van der Waals surface area contributed by atoms with E-state index in [1.54, 1.807) is 13.0 Å². The first kappa shape index (κ1) is 29.3. The third-order valence-electron chi connectivity index (χ3n) is 8.64. The molecule has 2 saturated heterocycles. The van der Waals surface area contributed by atoms with E-state index in [0.717, 1.165) is 25.5 Å². The van der Waals surface area contributed by atoms with Crippen LogP contribution >= 0.6 is 0 Å². The first-order valence-electron chi connectivity index (χ1n) is 13.4. The summed E-state index contributed by atoms with van der Waals surface area (Å²) in [4.78, 5) is 26.7. The van der Waals surface area contributed by atoms with E-state index in [1.807, 2.05) is 6.92 Å². The predicted molar refractivity (Wildman–Crippen MR) is 138 cm³/mol. The molecule has 9 heteroatoms. The van der Waals surface area contributed by atoms with E-state index in [4.69, 9.17) is 18.9 Å². The number of esters is 2. The van der Waals surface area contributed by atoms with E-state index in [1.165, 1.54) is 24.3 Å². The molecule has 1 aromatic carbocycles. The van der Waals surface area contributed by atoms with Gasteiger partial charge in [-0.1, -0.05) is 48.6 Å². The van der Waals surface area contributed by atoms with Crippen LogP contribution in [0.3, 0.4) is 0 Å². The summed E-state index contributed by atoms with van der Waals surface area (Å²) < 4.78 is 66.2. The topological polar surface area (TPSA) is 74.4 Å². The van der Waals surface area contributed by atoms with Crippen molar-refractivity contribution in [3.8, 4) is 0 Å². The summed E-state index contributed by atoms with van der Waals surface area (Å²) in [5, 5.41) is 0. The molecule has 0 unspecified atom stereocenters. The molecule has 0 N–H and O–H groups in total. The molecule has 1 aromatic rings. The van der Waals surface area contributed by atoms with Gasteiger partial charge in [-0.15, -0.1) is 0 Å². The summed E-state index contributed by atoms with van der Waals surface area (Å²) in [5.74, 6) is -2.45. The van der Waals surface area contributed by atoms with E-state index in [-0.39, 0.29) is 30.5 Å². The molecule has 0 amide bonds. The van der Waals surface area contributed by atoms with Gasteiger partial charge < -0.3 is 18.9 Å².